The Morgan fingerprint density at radius 2 is 1.28 bits per heavy atom. The van der Waals surface area contributed by atoms with Gasteiger partial charge in [0.05, 0.1) is 16.8 Å². The van der Waals surface area contributed by atoms with E-state index in [1.807, 2.05) is 62.6 Å². The number of rotatable bonds is 5. The van der Waals surface area contributed by atoms with Crippen LogP contribution in [0.3, 0.4) is 0 Å². The maximum Gasteiger partial charge on any atom is 0.216 e. The molecule has 0 atom stereocenters. The molecule has 0 fully saturated rings. The smallest absolute Gasteiger partial charge is 0.216 e. The quantitative estimate of drug-likeness (QED) is 0.161. The minimum Gasteiger partial charge on any atom is -0.486 e. The van der Waals surface area contributed by atoms with Gasteiger partial charge >= 0.3 is 0 Å². The Kier molecular flexibility index (Phi) is 11.6. The minimum absolute atomic E-state index is 0. The van der Waals surface area contributed by atoms with Crippen molar-refractivity contribution in [1.82, 2.24) is 19.9 Å². The van der Waals surface area contributed by atoms with Gasteiger partial charge in [0.2, 0.25) is 5.71 Å². The Labute approximate surface area is 371 Å². The van der Waals surface area contributed by atoms with Crippen LogP contribution in [0.25, 0.3) is 89.0 Å². The fraction of sp³-hybridized carbons (Fsp3) is 0.127. The predicted molar refractivity (Wildman–Crippen MR) is 247 cm³/mol. The van der Waals surface area contributed by atoms with Crippen molar-refractivity contribution < 1.29 is 24.5 Å². The van der Waals surface area contributed by atoms with E-state index >= 15 is 0 Å². The van der Waals surface area contributed by atoms with Crippen LogP contribution in [0.15, 0.2) is 144 Å². The minimum atomic E-state index is 0. The zero-order chi connectivity index (χ0) is 41.5. The molecule has 301 valence electrons. The zero-order valence-electron chi connectivity index (χ0n) is 35.3. The van der Waals surface area contributed by atoms with E-state index in [0.717, 1.165) is 72.3 Å². The molecule has 0 unspecified atom stereocenters. The van der Waals surface area contributed by atoms with Gasteiger partial charge in [-0.3, -0.25) is 0 Å². The number of hydrogen-bond acceptors (Lipinski definition) is 5. The first kappa shape index (κ1) is 41.2. The maximum absolute atomic E-state index is 6.25. The molecule has 5 aromatic carbocycles. The molecular formula is C55H44IrN4O-2. The molecule has 0 bridgehead atoms. The Balaban J connectivity index is 0.000000206. The van der Waals surface area contributed by atoms with Crippen molar-refractivity contribution in [2.45, 2.75) is 48.5 Å². The van der Waals surface area contributed by atoms with Crippen LogP contribution < -0.4 is 0 Å². The van der Waals surface area contributed by atoms with Crippen LogP contribution in [-0.4, -0.2) is 19.9 Å². The van der Waals surface area contributed by atoms with Crippen LogP contribution in [0, 0.1) is 60.6 Å². The van der Waals surface area contributed by atoms with Crippen molar-refractivity contribution in [1.29, 1.82) is 0 Å². The fourth-order valence-electron chi connectivity index (χ4n) is 8.05. The zero-order valence-corrected chi connectivity index (χ0v) is 37.7. The predicted octanol–water partition coefficient (Wildman–Crippen LogP) is 14.1. The van der Waals surface area contributed by atoms with E-state index in [1.165, 1.54) is 50.1 Å². The number of hydrogen-bond donors (Lipinski definition) is 0. The second kappa shape index (κ2) is 17.2. The third-order valence-electron chi connectivity index (χ3n) is 11.3. The van der Waals surface area contributed by atoms with Crippen molar-refractivity contribution in [3.05, 3.63) is 191 Å². The number of nitrogens with zero attached hydrogens (tertiary/aromatic N) is 4. The second-order valence-electron chi connectivity index (χ2n) is 15.7. The standard InChI is InChI=1S/C36H28N3O.C19H16N.Ir/c1-20-8-6-9-21(2)34(20)31-15-13-25-17-29(22(3)16-32(25)39-31)30-18-33(37-19-23(30)4)28-11-7-10-26-27-14-12-24(5)38-36(27)40-35(26)28;1-14-8-11-19(20-13-14)17-10-9-15(2)18(12-17)16-6-4-3-5-7-16;/h6-10,12-19H,1-5H3;3-9,11-13H,1-2H3;/q2*-1;. The SMILES string of the molecule is Cc1ccc(-c2[c-]cc(C)c(-c3ccccc3)c2)nc1.Cc1ccc2c(n1)oc1c(-c3cc(-c4cc5ccc(-c6c(C)cccc6C)nc5cc4C)c(C)cn3)[c-]ccc12.[Ir]. The molecule has 5 aromatic heterocycles. The number of fused-ring (bicyclic) bond motifs is 4. The number of aromatic nitrogens is 4. The van der Waals surface area contributed by atoms with Gasteiger partial charge in [-0.1, -0.05) is 96.2 Å². The first-order valence-corrected chi connectivity index (χ1v) is 20.3. The Morgan fingerprint density at radius 1 is 0.525 bits per heavy atom. The third-order valence-corrected chi connectivity index (χ3v) is 11.3. The molecule has 10 aromatic rings. The summed E-state index contributed by atoms with van der Waals surface area (Å²) in [4.78, 5) is 19.0. The van der Waals surface area contributed by atoms with E-state index in [4.69, 9.17) is 14.4 Å². The van der Waals surface area contributed by atoms with Gasteiger partial charge in [-0.2, -0.15) is 0 Å². The number of benzene rings is 5. The van der Waals surface area contributed by atoms with Crippen LogP contribution in [0.4, 0.5) is 0 Å². The molecule has 5 nitrogen and oxygen atoms in total. The van der Waals surface area contributed by atoms with E-state index in [9.17, 15) is 0 Å². The van der Waals surface area contributed by atoms with Gasteiger partial charge in [0.25, 0.3) is 0 Å². The topological polar surface area (TPSA) is 64.7 Å². The largest absolute Gasteiger partial charge is 0.486 e. The van der Waals surface area contributed by atoms with Gasteiger partial charge in [-0.15, -0.1) is 47.5 Å². The number of pyridine rings is 4. The van der Waals surface area contributed by atoms with Crippen molar-refractivity contribution in [2.75, 3.05) is 0 Å². The van der Waals surface area contributed by atoms with Gasteiger partial charge in [0.15, 0.2) is 0 Å². The molecule has 0 saturated heterocycles. The van der Waals surface area contributed by atoms with Crippen molar-refractivity contribution in [2.24, 2.45) is 0 Å². The Morgan fingerprint density at radius 3 is 2.05 bits per heavy atom. The number of furan rings is 1. The summed E-state index contributed by atoms with van der Waals surface area (Å²) in [5.41, 5.74) is 21.1. The maximum atomic E-state index is 6.25. The molecule has 10 rings (SSSR count). The summed E-state index contributed by atoms with van der Waals surface area (Å²) in [7, 11) is 0. The Bertz CT molecular complexity index is 3200. The molecule has 6 heteroatoms. The Hall–Kier alpha value is -6.59. The first-order chi connectivity index (χ1) is 29.1. The van der Waals surface area contributed by atoms with Gasteiger partial charge < -0.3 is 14.4 Å². The summed E-state index contributed by atoms with van der Waals surface area (Å²) in [5.74, 6) is 0. The fourth-order valence-corrected chi connectivity index (χ4v) is 8.05. The van der Waals surface area contributed by atoms with Gasteiger partial charge in [0, 0.05) is 54.5 Å². The second-order valence-corrected chi connectivity index (χ2v) is 15.7. The van der Waals surface area contributed by atoms with Crippen LogP contribution in [0.2, 0.25) is 0 Å². The first-order valence-electron chi connectivity index (χ1n) is 20.3. The van der Waals surface area contributed by atoms with E-state index in [0.29, 0.717) is 5.71 Å². The summed E-state index contributed by atoms with van der Waals surface area (Å²) in [6.07, 6.45) is 3.83. The summed E-state index contributed by atoms with van der Waals surface area (Å²) in [6, 6.07) is 50.8. The normalized spacial score (nSPS) is 11.1. The van der Waals surface area contributed by atoms with Crippen molar-refractivity contribution in [3.8, 4) is 56.0 Å². The monoisotopic (exact) mass is 969 g/mol. The van der Waals surface area contributed by atoms with E-state index in [1.54, 1.807) is 0 Å². The third kappa shape index (κ3) is 8.17. The molecule has 0 spiro atoms. The molecule has 0 N–H and O–H groups in total. The molecule has 0 aliphatic carbocycles. The van der Waals surface area contributed by atoms with Gasteiger partial charge in [-0.25, -0.2) is 9.97 Å². The molecular weight excluding hydrogens is 925 g/mol. The van der Waals surface area contributed by atoms with Gasteiger partial charge in [-0.05, 0) is 128 Å². The molecule has 0 saturated carbocycles. The van der Waals surface area contributed by atoms with E-state index < -0.39 is 0 Å². The van der Waals surface area contributed by atoms with E-state index in [-0.39, 0.29) is 20.1 Å². The molecule has 1 radical (unpaired) electrons. The van der Waals surface area contributed by atoms with Crippen molar-refractivity contribution >= 4 is 33.0 Å². The van der Waals surface area contributed by atoms with E-state index in [2.05, 4.69) is 148 Å². The summed E-state index contributed by atoms with van der Waals surface area (Å²) >= 11 is 0. The van der Waals surface area contributed by atoms with Crippen LogP contribution >= 0.6 is 0 Å². The summed E-state index contributed by atoms with van der Waals surface area (Å²) in [5, 5.41) is 3.13. The van der Waals surface area contributed by atoms with Gasteiger partial charge in [0.1, 0.15) is 0 Å². The van der Waals surface area contributed by atoms with Crippen LogP contribution in [-0.2, 0) is 20.1 Å². The average molecular weight is 969 g/mol. The summed E-state index contributed by atoms with van der Waals surface area (Å²) in [6.45, 7) is 14.7. The molecule has 61 heavy (non-hydrogen) atoms. The van der Waals surface area contributed by atoms with Crippen LogP contribution in [0.5, 0.6) is 0 Å². The van der Waals surface area contributed by atoms with Crippen LogP contribution in [0.1, 0.15) is 39.1 Å². The van der Waals surface area contributed by atoms with Crippen molar-refractivity contribution in [3.63, 3.8) is 0 Å². The molecule has 0 aliphatic heterocycles. The molecule has 0 aliphatic rings. The molecule has 0 amide bonds. The average Bonchev–Trinajstić information content (AvgIpc) is 3.62. The molecule has 5 heterocycles. The summed E-state index contributed by atoms with van der Waals surface area (Å²) < 4.78 is 6.25. The number of aryl methyl sites for hydroxylation is 7.